The number of nitrogens with one attached hydrogen (secondary N) is 1. The van der Waals surface area contributed by atoms with Gasteiger partial charge in [-0.15, -0.1) is 11.8 Å². The predicted octanol–water partition coefficient (Wildman–Crippen LogP) is 3.50. The van der Waals surface area contributed by atoms with Crippen LogP contribution < -0.4 is 10.9 Å². The topological polar surface area (TPSA) is 77.1 Å². The Morgan fingerprint density at radius 1 is 1.23 bits per heavy atom. The second kappa shape index (κ2) is 8.05. The van der Waals surface area contributed by atoms with Crippen LogP contribution in [-0.2, 0) is 11.3 Å². The van der Waals surface area contributed by atoms with Crippen LogP contribution in [-0.4, -0.2) is 21.9 Å². The summed E-state index contributed by atoms with van der Waals surface area (Å²) in [4.78, 5) is 25.6. The number of amides is 1. The van der Waals surface area contributed by atoms with Crippen molar-refractivity contribution in [3.63, 3.8) is 0 Å². The lowest BCUT2D eigenvalue weighted by atomic mass is 10.1. The molecule has 3 aromatic rings. The number of carbonyl (C=O) groups excluding carboxylic acids is 1. The van der Waals surface area contributed by atoms with E-state index in [1.54, 1.807) is 43.1 Å². The molecule has 0 aliphatic heterocycles. The number of nitrogens with zero attached hydrogens (tertiary/aromatic N) is 2. The molecule has 1 unspecified atom stereocenters. The Morgan fingerprint density at radius 2 is 2.04 bits per heavy atom. The van der Waals surface area contributed by atoms with Crippen LogP contribution in [0.1, 0.15) is 6.92 Å². The highest BCUT2D eigenvalue weighted by molar-refractivity contribution is 7.98. The van der Waals surface area contributed by atoms with Gasteiger partial charge in [0.15, 0.2) is 5.76 Å². The summed E-state index contributed by atoms with van der Waals surface area (Å²) < 4.78 is 6.61. The van der Waals surface area contributed by atoms with Crippen molar-refractivity contribution in [3.8, 4) is 11.5 Å². The fourth-order valence-corrected chi connectivity index (χ4v) is 3.04. The van der Waals surface area contributed by atoms with E-state index in [-0.39, 0.29) is 18.0 Å². The molecular weight excluding hydrogens is 350 g/mol. The molecular formula is C19H19N3O3S. The van der Waals surface area contributed by atoms with Gasteiger partial charge in [-0.3, -0.25) is 9.59 Å². The molecule has 1 N–H and O–H groups in total. The summed E-state index contributed by atoms with van der Waals surface area (Å²) in [7, 11) is 0. The van der Waals surface area contributed by atoms with Crippen molar-refractivity contribution in [3.05, 3.63) is 65.1 Å². The molecule has 2 aromatic heterocycles. The first kappa shape index (κ1) is 18.0. The molecule has 2 heterocycles. The molecule has 7 heteroatoms. The average Bonchev–Trinajstić information content (AvgIpc) is 3.18. The lowest BCUT2D eigenvalue weighted by molar-refractivity contribution is -0.119. The summed E-state index contributed by atoms with van der Waals surface area (Å²) in [6.45, 7) is 1.95. The molecule has 0 fully saturated rings. The van der Waals surface area contributed by atoms with Gasteiger partial charge in [0.05, 0.1) is 24.4 Å². The van der Waals surface area contributed by atoms with Gasteiger partial charge in [-0.2, -0.15) is 5.10 Å². The highest BCUT2D eigenvalue weighted by atomic mass is 32.2. The second-order valence-electron chi connectivity index (χ2n) is 5.81. The third-order valence-corrected chi connectivity index (χ3v) is 4.70. The first-order valence-corrected chi connectivity index (χ1v) is 9.37. The van der Waals surface area contributed by atoms with Crippen molar-refractivity contribution in [2.24, 2.45) is 5.92 Å². The first-order valence-electron chi connectivity index (χ1n) is 8.14. The second-order valence-corrected chi connectivity index (χ2v) is 6.65. The molecule has 0 saturated heterocycles. The van der Waals surface area contributed by atoms with Crippen LogP contribution in [0.25, 0.3) is 11.5 Å². The van der Waals surface area contributed by atoms with E-state index in [2.05, 4.69) is 10.4 Å². The Kier molecular flexibility index (Phi) is 5.58. The number of furan rings is 1. The number of thioether (sulfide) groups is 1. The molecule has 0 saturated carbocycles. The highest BCUT2D eigenvalue weighted by Crippen LogP contribution is 2.25. The summed E-state index contributed by atoms with van der Waals surface area (Å²) in [6, 6.07) is 14.2. The maximum Gasteiger partial charge on any atom is 0.266 e. The number of rotatable bonds is 6. The molecule has 0 spiro atoms. The maximum absolute atomic E-state index is 12.5. The zero-order valence-corrected chi connectivity index (χ0v) is 15.3. The van der Waals surface area contributed by atoms with Crippen LogP contribution >= 0.6 is 11.8 Å². The molecule has 1 atom stereocenters. The molecule has 3 rings (SSSR count). The molecule has 1 aromatic carbocycles. The molecule has 26 heavy (non-hydrogen) atoms. The smallest absolute Gasteiger partial charge is 0.266 e. The molecule has 134 valence electrons. The van der Waals surface area contributed by atoms with Crippen molar-refractivity contribution in [1.29, 1.82) is 0 Å². The van der Waals surface area contributed by atoms with Crippen LogP contribution in [0.4, 0.5) is 5.69 Å². The van der Waals surface area contributed by atoms with E-state index >= 15 is 0 Å². The minimum absolute atomic E-state index is 0.163. The quantitative estimate of drug-likeness (QED) is 0.673. The average molecular weight is 369 g/mol. The summed E-state index contributed by atoms with van der Waals surface area (Å²) in [6.07, 6.45) is 3.50. The van der Waals surface area contributed by atoms with Crippen molar-refractivity contribution >= 4 is 23.4 Å². The summed E-state index contributed by atoms with van der Waals surface area (Å²) >= 11 is 1.56. The Morgan fingerprint density at radius 3 is 2.77 bits per heavy atom. The van der Waals surface area contributed by atoms with Crippen molar-refractivity contribution in [2.75, 3.05) is 11.6 Å². The zero-order valence-electron chi connectivity index (χ0n) is 14.5. The van der Waals surface area contributed by atoms with E-state index in [0.29, 0.717) is 11.5 Å². The van der Waals surface area contributed by atoms with Crippen LogP contribution in [0.2, 0.25) is 0 Å². The summed E-state index contributed by atoms with van der Waals surface area (Å²) in [5.74, 6) is -0.0182. The van der Waals surface area contributed by atoms with E-state index in [1.807, 2.05) is 30.5 Å². The fourth-order valence-electron chi connectivity index (χ4n) is 2.48. The van der Waals surface area contributed by atoms with Gasteiger partial charge in [-0.1, -0.05) is 19.1 Å². The van der Waals surface area contributed by atoms with Gasteiger partial charge >= 0.3 is 0 Å². The molecule has 0 aliphatic rings. The van der Waals surface area contributed by atoms with Crippen molar-refractivity contribution < 1.29 is 9.21 Å². The van der Waals surface area contributed by atoms with E-state index in [4.69, 9.17) is 4.42 Å². The number of anilines is 1. The lowest BCUT2D eigenvalue weighted by Crippen LogP contribution is -2.31. The number of benzene rings is 1. The van der Waals surface area contributed by atoms with Crippen LogP contribution in [0.3, 0.4) is 0 Å². The van der Waals surface area contributed by atoms with Crippen LogP contribution in [0.15, 0.2) is 68.9 Å². The normalized spacial score (nSPS) is 11.9. The number of hydrogen-bond donors (Lipinski definition) is 1. The van der Waals surface area contributed by atoms with Crippen molar-refractivity contribution in [1.82, 2.24) is 9.78 Å². The van der Waals surface area contributed by atoms with Crippen molar-refractivity contribution in [2.45, 2.75) is 18.4 Å². The molecule has 1 amide bonds. The molecule has 0 aliphatic carbocycles. The van der Waals surface area contributed by atoms with E-state index in [0.717, 1.165) is 10.6 Å². The van der Waals surface area contributed by atoms with Gasteiger partial charge in [-0.25, -0.2) is 4.68 Å². The van der Waals surface area contributed by atoms with Gasteiger partial charge < -0.3 is 9.73 Å². The molecule has 6 nitrogen and oxygen atoms in total. The van der Waals surface area contributed by atoms with Gasteiger partial charge in [-0.05, 0) is 36.6 Å². The third-order valence-electron chi connectivity index (χ3n) is 3.90. The fraction of sp³-hybridized carbons (Fsp3) is 0.211. The van der Waals surface area contributed by atoms with E-state index in [9.17, 15) is 9.59 Å². The monoisotopic (exact) mass is 369 g/mol. The van der Waals surface area contributed by atoms with Gasteiger partial charge in [0.1, 0.15) is 5.69 Å². The first-order chi connectivity index (χ1) is 12.6. The Balaban J connectivity index is 1.75. The van der Waals surface area contributed by atoms with E-state index < -0.39 is 5.92 Å². The molecule has 0 radical (unpaired) electrons. The van der Waals surface area contributed by atoms with Crippen LogP contribution in [0, 0.1) is 5.92 Å². The van der Waals surface area contributed by atoms with E-state index in [1.165, 1.54) is 10.7 Å². The Labute approximate surface area is 155 Å². The van der Waals surface area contributed by atoms with Gasteiger partial charge in [0.2, 0.25) is 5.91 Å². The Bertz CT molecular complexity index is 951. The minimum Gasteiger partial charge on any atom is -0.463 e. The standard InChI is InChI=1S/C19H19N3O3S/c1-13(19(24)20-15-6-3-4-8-17(15)26-2)12-22-18(23)10-9-14(21-22)16-7-5-11-25-16/h3-11,13H,12H2,1-2H3,(H,20,24). The lowest BCUT2D eigenvalue weighted by Gasteiger charge is -2.15. The number of hydrogen-bond acceptors (Lipinski definition) is 5. The zero-order chi connectivity index (χ0) is 18.5. The predicted molar refractivity (Wildman–Crippen MR) is 102 cm³/mol. The number of aromatic nitrogens is 2. The third kappa shape index (κ3) is 4.05. The number of carbonyl (C=O) groups is 1. The van der Waals surface area contributed by atoms with Gasteiger partial charge in [0.25, 0.3) is 5.56 Å². The minimum atomic E-state index is -0.429. The maximum atomic E-state index is 12.5. The largest absolute Gasteiger partial charge is 0.463 e. The number of para-hydroxylation sites is 1. The SMILES string of the molecule is CSc1ccccc1NC(=O)C(C)Cn1nc(-c2ccco2)ccc1=O. The van der Waals surface area contributed by atoms with Crippen LogP contribution in [0.5, 0.6) is 0 Å². The van der Waals surface area contributed by atoms with Gasteiger partial charge in [0, 0.05) is 11.0 Å². The highest BCUT2D eigenvalue weighted by Gasteiger charge is 2.17. The summed E-state index contributed by atoms with van der Waals surface area (Å²) in [5, 5.41) is 7.23. The molecule has 0 bridgehead atoms. The summed E-state index contributed by atoms with van der Waals surface area (Å²) in [5.41, 5.74) is 1.06. The Hall–Kier alpha value is -2.80.